The minimum absolute atomic E-state index is 0.00534. The van der Waals surface area contributed by atoms with Crippen molar-refractivity contribution in [3.63, 3.8) is 0 Å². The standard InChI is InChI=1S/C23H25N3O4S/c27-22-12-7-17(24-22)13-20(21-11-10-19(14-1-2-14)23(28)25-21)15-3-8-18(9-4-15)31(29,30)26-16-5-6-16/h3-4,8-11,13-14,16-17,26H,1-2,5-7,12H2,(H,24,27)(H,25,28)/t17-/m1/s1. The summed E-state index contributed by atoms with van der Waals surface area (Å²) < 4.78 is 27.6. The molecule has 0 radical (unpaired) electrons. The Morgan fingerprint density at radius 2 is 1.71 bits per heavy atom. The number of benzene rings is 1. The van der Waals surface area contributed by atoms with E-state index in [2.05, 4.69) is 15.0 Å². The molecule has 31 heavy (non-hydrogen) atoms. The van der Waals surface area contributed by atoms with E-state index in [1.807, 2.05) is 18.2 Å². The zero-order valence-corrected chi connectivity index (χ0v) is 17.9. The van der Waals surface area contributed by atoms with Gasteiger partial charge in [0.05, 0.1) is 4.90 Å². The lowest BCUT2D eigenvalue weighted by molar-refractivity contribution is -0.119. The van der Waals surface area contributed by atoms with Gasteiger partial charge in [-0.25, -0.2) is 13.1 Å². The normalized spacial score (nSPS) is 21.9. The van der Waals surface area contributed by atoms with Crippen molar-refractivity contribution in [2.24, 2.45) is 0 Å². The first kappa shape index (κ1) is 20.2. The van der Waals surface area contributed by atoms with E-state index >= 15 is 0 Å². The van der Waals surface area contributed by atoms with Gasteiger partial charge >= 0.3 is 0 Å². The summed E-state index contributed by atoms with van der Waals surface area (Å²) in [6.07, 6.45) is 6.94. The number of hydrogen-bond acceptors (Lipinski definition) is 4. The van der Waals surface area contributed by atoms with E-state index in [4.69, 9.17) is 0 Å². The lowest BCUT2D eigenvalue weighted by Gasteiger charge is -2.13. The molecule has 3 aliphatic rings. The first-order valence-corrected chi connectivity index (χ1v) is 12.2. The Morgan fingerprint density at radius 3 is 2.29 bits per heavy atom. The monoisotopic (exact) mass is 439 g/mol. The number of aromatic nitrogens is 1. The number of hydrogen-bond donors (Lipinski definition) is 3. The van der Waals surface area contributed by atoms with Gasteiger partial charge < -0.3 is 10.3 Å². The molecule has 5 rings (SSSR count). The molecule has 1 atom stereocenters. The van der Waals surface area contributed by atoms with Crippen molar-refractivity contribution in [2.75, 3.05) is 0 Å². The number of carbonyl (C=O) groups is 1. The van der Waals surface area contributed by atoms with Gasteiger partial charge in [-0.3, -0.25) is 9.59 Å². The second-order valence-electron chi connectivity index (χ2n) is 8.64. The fourth-order valence-electron chi connectivity index (χ4n) is 3.97. The molecule has 0 bridgehead atoms. The average molecular weight is 440 g/mol. The van der Waals surface area contributed by atoms with Crippen LogP contribution in [-0.4, -0.2) is 31.4 Å². The fourth-order valence-corrected chi connectivity index (χ4v) is 5.27. The lowest BCUT2D eigenvalue weighted by Crippen LogP contribution is -2.25. The Morgan fingerprint density at radius 1 is 0.968 bits per heavy atom. The molecule has 1 amide bonds. The summed E-state index contributed by atoms with van der Waals surface area (Å²) >= 11 is 0. The predicted octanol–water partition coefficient (Wildman–Crippen LogP) is 2.40. The van der Waals surface area contributed by atoms with Crippen LogP contribution in [0.25, 0.3) is 5.57 Å². The largest absolute Gasteiger partial charge is 0.350 e. The Kier molecular flexibility index (Phi) is 5.06. The van der Waals surface area contributed by atoms with Gasteiger partial charge in [-0.2, -0.15) is 0 Å². The van der Waals surface area contributed by atoms with Crippen LogP contribution in [0.4, 0.5) is 0 Å². The highest BCUT2D eigenvalue weighted by molar-refractivity contribution is 7.89. The van der Waals surface area contributed by atoms with Crippen LogP contribution in [0.15, 0.2) is 52.2 Å². The van der Waals surface area contributed by atoms with Gasteiger partial charge in [0, 0.05) is 35.3 Å². The quantitative estimate of drug-likeness (QED) is 0.616. The first-order chi connectivity index (χ1) is 14.9. The molecule has 2 heterocycles. The third-order valence-electron chi connectivity index (χ3n) is 6.02. The molecular weight excluding hydrogens is 414 g/mol. The van der Waals surface area contributed by atoms with Gasteiger partial charge in [0.2, 0.25) is 15.9 Å². The van der Waals surface area contributed by atoms with E-state index in [0.717, 1.165) is 42.4 Å². The van der Waals surface area contributed by atoms with E-state index in [0.29, 0.717) is 24.5 Å². The average Bonchev–Trinajstić information content (AvgIpc) is 3.67. The summed E-state index contributed by atoms with van der Waals surface area (Å²) in [5.41, 5.74) is 2.92. The predicted molar refractivity (Wildman–Crippen MR) is 117 cm³/mol. The molecule has 1 aromatic carbocycles. The van der Waals surface area contributed by atoms with Crippen LogP contribution >= 0.6 is 0 Å². The van der Waals surface area contributed by atoms with Crippen LogP contribution in [0.1, 0.15) is 61.3 Å². The molecule has 2 aromatic rings. The maximum atomic E-state index is 12.6. The van der Waals surface area contributed by atoms with Gasteiger partial charge in [0.1, 0.15) is 0 Å². The molecule has 3 fully saturated rings. The molecule has 162 valence electrons. The highest BCUT2D eigenvalue weighted by Crippen LogP contribution is 2.38. The van der Waals surface area contributed by atoms with Crippen LogP contribution in [0.2, 0.25) is 0 Å². The number of amides is 1. The third kappa shape index (κ3) is 4.50. The first-order valence-electron chi connectivity index (χ1n) is 10.8. The number of H-pyrrole nitrogens is 1. The van der Waals surface area contributed by atoms with Crippen molar-refractivity contribution in [1.82, 2.24) is 15.0 Å². The highest BCUT2D eigenvalue weighted by atomic mass is 32.2. The summed E-state index contributed by atoms with van der Waals surface area (Å²) in [6, 6.07) is 10.3. The summed E-state index contributed by atoms with van der Waals surface area (Å²) in [4.78, 5) is 27.5. The third-order valence-corrected chi connectivity index (χ3v) is 7.56. The maximum Gasteiger partial charge on any atom is 0.251 e. The molecule has 1 saturated heterocycles. The van der Waals surface area contributed by atoms with Crippen LogP contribution in [0, 0.1) is 0 Å². The Balaban J connectivity index is 1.49. The smallest absolute Gasteiger partial charge is 0.251 e. The molecule has 2 saturated carbocycles. The number of sulfonamides is 1. The SMILES string of the molecule is O=C1CC[C@H](C=C(c2ccc(S(=O)(=O)NC3CC3)cc2)c2ccc(C3CC3)c(=O)[nH]2)N1. The summed E-state index contributed by atoms with van der Waals surface area (Å²) in [6.45, 7) is 0. The lowest BCUT2D eigenvalue weighted by atomic mass is 9.98. The van der Waals surface area contributed by atoms with E-state index in [-0.39, 0.29) is 28.4 Å². The summed E-state index contributed by atoms with van der Waals surface area (Å²) in [5.74, 6) is 0.355. The summed E-state index contributed by atoms with van der Waals surface area (Å²) in [7, 11) is -3.53. The summed E-state index contributed by atoms with van der Waals surface area (Å²) in [5, 5.41) is 2.93. The molecule has 8 heteroatoms. The molecule has 1 aromatic heterocycles. The van der Waals surface area contributed by atoms with Crippen LogP contribution in [0.3, 0.4) is 0 Å². The van der Waals surface area contributed by atoms with Crippen LogP contribution < -0.4 is 15.6 Å². The second-order valence-corrected chi connectivity index (χ2v) is 10.4. The highest BCUT2D eigenvalue weighted by Gasteiger charge is 2.29. The molecule has 3 N–H and O–H groups in total. The molecule has 0 spiro atoms. The van der Waals surface area contributed by atoms with Gasteiger partial charge in [0.15, 0.2) is 0 Å². The van der Waals surface area contributed by atoms with E-state index in [1.54, 1.807) is 24.3 Å². The van der Waals surface area contributed by atoms with Gasteiger partial charge in [-0.1, -0.05) is 24.3 Å². The zero-order chi connectivity index (χ0) is 21.6. The minimum Gasteiger partial charge on any atom is -0.350 e. The van der Waals surface area contributed by atoms with Crippen molar-refractivity contribution in [2.45, 2.75) is 61.4 Å². The molecule has 0 unspecified atom stereocenters. The van der Waals surface area contributed by atoms with E-state index in [9.17, 15) is 18.0 Å². The number of aromatic amines is 1. The van der Waals surface area contributed by atoms with Crippen molar-refractivity contribution in [1.29, 1.82) is 0 Å². The number of nitrogens with one attached hydrogen (secondary N) is 3. The zero-order valence-electron chi connectivity index (χ0n) is 17.1. The minimum atomic E-state index is -3.53. The number of pyridine rings is 1. The van der Waals surface area contributed by atoms with Crippen molar-refractivity contribution in [3.05, 3.63) is 69.6 Å². The van der Waals surface area contributed by atoms with Crippen LogP contribution in [-0.2, 0) is 14.8 Å². The molecular formula is C23H25N3O4S. The topological polar surface area (TPSA) is 108 Å². The van der Waals surface area contributed by atoms with Crippen molar-refractivity contribution >= 4 is 21.5 Å². The molecule has 1 aliphatic heterocycles. The Hall–Kier alpha value is -2.71. The number of rotatable bonds is 7. The Labute approximate surface area is 181 Å². The van der Waals surface area contributed by atoms with Gasteiger partial charge in [-0.05, 0) is 61.8 Å². The molecule has 2 aliphatic carbocycles. The Bertz CT molecular complexity index is 1210. The molecule has 7 nitrogen and oxygen atoms in total. The van der Waals surface area contributed by atoms with Crippen LogP contribution in [0.5, 0.6) is 0 Å². The van der Waals surface area contributed by atoms with E-state index < -0.39 is 10.0 Å². The van der Waals surface area contributed by atoms with Crippen molar-refractivity contribution < 1.29 is 13.2 Å². The second kappa shape index (κ2) is 7.76. The maximum absolute atomic E-state index is 12.6. The van der Waals surface area contributed by atoms with Crippen molar-refractivity contribution in [3.8, 4) is 0 Å². The van der Waals surface area contributed by atoms with E-state index in [1.165, 1.54) is 0 Å². The van der Waals surface area contributed by atoms with Gasteiger partial charge in [0.25, 0.3) is 5.56 Å². The van der Waals surface area contributed by atoms with Gasteiger partial charge in [-0.15, -0.1) is 0 Å². The number of carbonyl (C=O) groups excluding carboxylic acids is 1. The fraction of sp³-hybridized carbons (Fsp3) is 0.391.